The number of amides is 3. The number of imide groups is 1. The van der Waals surface area contributed by atoms with Gasteiger partial charge >= 0.3 is 6.03 Å². The summed E-state index contributed by atoms with van der Waals surface area (Å²) >= 11 is 0. The Morgan fingerprint density at radius 2 is 2.09 bits per heavy atom. The van der Waals surface area contributed by atoms with Crippen LogP contribution in [0, 0.1) is 0 Å². The monoisotopic (exact) mass is 312 g/mol. The molecule has 0 spiro atoms. The Kier molecular flexibility index (Phi) is 4.28. The fraction of sp³-hybridized carbons (Fsp3) is 0.389. The highest BCUT2D eigenvalue weighted by molar-refractivity contribution is 6.07. The van der Waals surface area contributed by atoms with Crippen LogP contribution < -0.4 is 5.32 Å². The number of carbonyl (C=O) groups is 3. The van der Waals surface area contributed by atoms with Crippen molar-refractivity contribution in [3.63, 3.8) is 0 Å². The van der Waals surface area contributed by atoms with Crippen LogP contribution in [0.2, 0.25) is 0 Å². The van der Waals surface area contributed by atoms with E-state index in [1.165, 1.54) is 5.56 Å². The summed E-state index contributed by atoms with van der Waals surface area (Å²) in [5, 5.41) is 2.70. The van der Waals surface area contributed by atoms with E-state index >= 15 is 0 Å². The van der Waals surface area contributed by atoms with Gasteiger partial charge in [0.25, 0.3) is 5.91 Å². The molecular formula is C18H20N2O3. The Labute approximate surface area is 135 Å². The van der Waals surface area contributed by atoms with E-state index in [-0.39, 0.29) is 18.2 Å². The Bertz CT molecular complexity index is 693. The summed E-state index contributed by atoms with van der Waals surface area (Å²) in [5.74, 6) is -0.383. The summed E-state index contributed by atoms with van der Waals surface area (Å²) in [4.78, 5) is 37.2. The lowest BCUT2D eigenvalue weighted by Gasteiger charge is -2.12. The normalized spacial score (nSPS) is 19.6. The van der Waals surface area contributed by atoms with Crippen molar-refractivity contribution < 1.29 is 14.4 Å². The Balaban J connectivity index is 1.68. The van der Waals surface area contributed by atoms with Crippen molar-refractivity contribution in [3.8, 4) is 0 Å². The van der Waals surface area contributed by atoms with Crippen LogP contribution in [0.5, 0.6) is 0 Å². The van der Waals surface area contributed by atoms with Gasteiger partial charge in [0.2, 0.25) is 0 Å². The van der Waals surface area contributed by atoms with Crippen LogP contribution in [-0.4, -0.2) is 35.2 Å². The summed E-state index contributed by atoms with van der Waals surface area (Å²) in [6.07, 6.45) is 4.55. The van der Waals surface area contributed by atoms with Crippen molar-refractivity contribution in [1.29, 1.82) is 0 Å². The lowest BCUT2D eigenvalue weighted by molar-refractivity contribution is -0.131. The van der Waals surface area contributed by atoms with Crippen molar-refractivity contribution in [2.24, 2.45) is 0 Å². The number of benzene rings is 1. The first-order chi connectivity index (χ1) is 11.1. The van der Waals surface area contributed by atoms with Gasteiger partial charge in [0.1, 0.15) is 6.04 Å². The Morgan fingerprint density at radius 3 is 2.87 bits per heavy atom. The number of urea groups is 1. The van der Waals surface area contributed by atoms with E-state index in [2.05, 4.69) is 17.5 Å². The molecule has 1 aliphatic carbocycles. The van der Waals surface area contributed by atoms with Gasteiger partial charge in [0, 0.05) is 12.8 Å². The van der Waals surface area contributed by atoms with Crippen LogP contribution in [0.4, 0.5) is 4.79 Å². The molecule has 0 aromatic heterocycles. The number of Topliss-reactive ketones (excluding diaryl/α,β-unsaturated/α-hetero) is 1. The Hall–Kier alpha value is -2.43. The molecule has 1 atom stereocenters. The molecule has 5 heteroatoms. The molecule has 2 aliphatic rings. The molecule has 5 nitrogen and oxygen atoms in total. The van der Waals surface area contributed by atoms with E-state index in [0.717, 1.165) is 28.9 Å². The smallest absolute Gasteiger partial charge is 0.325 e. The molecule has 1 aromatic carbocycles. The zero-order chi connectivity index (χ0) is 16.4. The summed E-state index contributed by atoms with van der Waals surface area (Å²) in [6, 6.07) is 7.05. The van der Waals surface area contributed by atoms with E-state index in [1.54, 1.807) is 0 Å². The first-order valence-corrected chi connectivity index (χ1v) is 8.01. The van der Waals surface area contributed by atoms with Crippen molar-refractivity contribution in [1.82, 2.24) is 10.2 Å². The van der Waals surface area contributed by atoms with Gasteiger partial charge in [-0.15, -0.1) is 0 Å². The van der Waals surface area contributed by atoms with E-state index in [0.29, 0.717) is 12.8 Å². The number of nitrogens with zero attached hydrogens (tertiary/aromatic N) is 1. The average Bonchev–Trinajstić information content (AvgIpc) is 3.05. The van der Waals surface area contributed by atoms with Crippen LogP contribution in [0.3, 0.4) is 0 Å². The van der Waals surface area contributed by atoms with E-state index in [9.17, 15) is 14.4 Å². The van der Waals surface area contributed by atoms with Crippen molar-refractivity contribution in [3.05, 3.63) is 41.5 Å². The second-order valence-electron chi connectivity index (χ2n) is 6.01. The second-order valence-corrected chi connectivity index (χ2v) is 6.01. The van der Waals surface area contributed by atoms with E-state index < -0.39 is 12.1 Å². The van der Waals surface area contributed by atoms with Gasteiger partial charge in [-0.25, -0.2) is 4.79 Å². The number of allylic oxidation sites excluding steroid dienone is 1. The zero-order valence-electron chi connectivity index (χ0n) is 13.2. The number of ketones is 1. The first kappa shape index (κ1) is 15.5. The summed E-state index contributed by atoms with van der Waals surface area (Å²) in [5.41, 5.74) is 3.48. The van der Waals surface area contributed by atoms with Crippen LogP contribution in [0.15, 0.2) is 30.3 Å². The highest BCUT2D eigenvalue weighted by Gasteiger charge is 2.39. The maximum absolute atomic E-state index is 12.4. The molecule has 3 rings (SSSR count). The van der Waals surface area contributed by atoms with E-state index in [1.807, 2.05) is 25.1 Å². The molecule has 0 saturated carbocycles. The van der Waals surface area contributed by atoms with Gasteiger partial charge in [-0.2, -0.15) is 0 Å². The SMILES string of the molecule is CCCC(=O)CN1C(=O)NC(CC2=CCc3ccccc32)C1=O. The van der Waals surface area contributed by atoms with Gasteiger partial charge in [-0.05, 0) is 29.5 Å². The second kappa shape index (κ2) is 6.36. The average molecular weight is 312 g/mol. The van der Waals surface area contributed by atoms with Crippen molar-refractivity contribution in [2.45, 2.75) is 38.6 Å². The van der Waals surface area contributed by atoms with Crippen LogP contribution in [0.25, 0.3) is 5.57 Å². The van der Waals surface area contributed by atoms with Gasteiger partial charge < -0.3 is 5.32 Å². The minimum atomic E-state index is -0.575. The molecular weight excluding hydrogens is 292 g/mol. The van der Waals surface area contributed by atoms with Crippen LogP contribution >= 0.6 is 0 Å². The fourth-order valence-electron chi connectivity index (χ4n) is 3.17. The molecule has 120 valence electrons. The minimum absolute atomic E-state index is 0.0814. The number of hydrogen-bond acceptors (Lipinski definition) is 3. The van der Waals surface area contributed by atoms with Gasteiger partial charge in [0.15, 0.2) is 5.78 Å². The van der Waals surface area contributed by atoms with Gasteiger partial charge in [-0.3, -0.25) is 14.5 Å². The summed E-state index contributed by atoms with van der Waals surface area (Å²) in [7, 11) is 0. The lowest BCUT2D eigenvalue weighted by Crippen LogP contribution is -2.36. The summed E-state index contributed by atoms with van der Waals surface area (Å²) in [6.45, 7) is 1.78. The predicted molar refractivity (Wildman–Crippen MR) is 86.7 cm³/mol. The number of nitrogens with one attached hydrogen (secondary N) is 1. The third-order valence-electron chi connectivity index (χ3n) is 4.33. The quantitative estimate of drug-likeness (QED) is 0.820. The molecule has 1 aliphatic heterocycles. The molecule has 1 saturated heterocycles. The number of rotatable bonds is 6. The zero-order valence-corrected chi connectivity index (χ0v) is 13.2. The molecule has 23 heavy (non-hydrogen) atoms. The molecule has 1 heterocycles. The molecule has 1 aromatic rings. The predicted octanol–water partition coefficient (Wildman–Crippen LogP) is 2.31. The summed E-state index contributed by atoms with van der Waals surface area (Å²) < 4.78 is 0. The number of fused-ring (bicyclic) bond motifs is 1. The topological polar surface area (TPSA) is 66.5 Å². The third-order valence-corrected chi connectivity index (χ3v) is 4.33. The molecule has 1 fully saturated rings. The van der Waals surface area contributed by atoms with Crippen molar-refractivity contribution >= 4 is 23.3 Å². The van der Waals surface area contributed by atoms with Crippen LogP contribution in [-0.2, 0) is 16.0 Å². The van der Waals surface area contributed by atoms with Crippen LogP contribution in [0.1, 0.15) is 37.3 Å². The first-order valence-electron chi connectivity index (χ1n) is 8.01. The maximum atomic E-state index is 12.4. The highest BCUT2D eigenvalue weighted by atomic mass is 16.2. The fourth-order valence-corrected chi connectivity index (χ4v) is 3.17. The lowest BCUT2D eigenvalue weighted by atomic mass is 10.00. The highest BCUT2D eigenvalue weighted by Crippen LogP contribution is 2.31. The largest absolute Gasteiger partial charge is 0.325 e. The molecule has 1 unspecified atom stereocenters. The van der Waals surface area contributed by atoms with Crippen molar-refractivity contribution in [2.75, 3.05) is 6.54 Å². The molecule has 3 amide bonds. The molecule has 1 N–H and O–H groups in total. The Morgan fingerprint density at radius 1 is 1.30 bits per heavy atom. The third kappa shape index (κ3) is 3.04. The van der Waals surface area contributed by atoms with Gasteiger partial charge in [0.05, 0.1) is 6.54 Å². The van der Waals surface area contributed by atoms with Gasteiger partial charge in [-0.1, -0.05) is 37.3 Å². The standard InChI is InChI=1S/C18H20N2O3/c1-2-5-14(21)11-20-17(22)16(19-18(20)23)10-13-9-8-12-6-3-4-7-15(12)13/h3-4,6-7,9,16H,2,5,8,10-11H2,1H3,(H,19,23). The number of hydrogen-bond donors (Lipinski definition) is 1. The molecule has 0 bridgehead atoms. The maximum Gasteiger partial charge on any atom is 0.325 e. The van der Waals surface area contributed by atoms with E-state index in [4.69, 9.17) is 0 Å². The minimum Gasteiger partial charge on any atom is -0.325 e. The molecule has 0 radical (unpaired) electrons. The number of carbonyl (C=O) groups excluding carboxylic acids is 3.